The Hall–Kier alpha value is -1.22. The van der Waals surface area contributed by atoms with Crippen molar-refractivity contribution in [1.29, 1.82) is 0 Å². The zero-order valence-corrected chi connectivity index (χ0v) is 32.0. The minimum absolute atomic E-state index is 0.286. The van der Waals surface area contributed by atoms with Crippen molar-refractivity contribution in [1.82, 2.24) is 5.32 Å². The maximum absolute atomic E-state index is 12.6. The quantitative estimate of drug-likeness (QED) is 0.0293. The molecule has 0 rings (SSSR count). The zero-order valence-electron chi connectivity index (χ0n) is 31.2. The van der Waals surface area contributed by atoms with Crippen LogP contribution < -0.4 is 5.32 Å². The summed E-state index contributed by atoms with van der Waals surface area (Å²) < 4.78 is 32.4. The van der Waals surface area contributed by atoms with E-state index < -0.39 is 40.0 Å². The molecule has 0 aliphatic carbocycles. The molecule has 0 saturated heterocycles. The van der Waals surface area contributed by atoms with Crippen LogP contribution in [-0.2, 0) is 14.9 Å². The van der Waals surface area contributed by atoms with Gasteiger partial charge in [0.25, 0.3) is 10.1 Å². The van der Waals surface area contributed by atoms with Gasteiger partial charge in [-0.15, -0.1) is 0 Å². The van der Waals surface area contributed by atoms with Gasteiger partial charge in [0.2, 0.25) is 5.91 Å². The molecule has 0 aromatic rings. The third-order valence-corrected chi connectivity index (χ3v) is 10.0. The van der Waals surface area contributed by atoms with E-state index in [1.807, 2.05) is 0 Å². The van der Waals surface area contributed by atoms with E-state index in [-0.39, 0.29) is 6.42 Å². The Labute approximate surface area is 297 Å². The van der Waals surface area contributed by atoms with Crippen molar-refractivity contribution < 1.29 is 28.0 Å². The summed E-state index contributed by atoms with van der Waals surface area (Å²) in [5, 5.41) is 23.4. The molecule has 3 atom stereocenters. The predicted molar refractivity (Wildman–Crippen MR) is 204 cm³/mol. The summed E-state index contributed by atoms with van der Waals surface area (Å²) in [7, 11) is -4.40. The van der Waals surface area contributed by atoms with E-state index in [2.05, 4.69) is 43.5 Å². The second-order valence-electron chi connectivity index (χ2n) is 14.1. The molecule has 0 heterocycles. The standard InChI is InChI=1S/C40H77NO6S/c1-3-5-7-9-11-13-14-15-16-17-18-19-20-21-22-23-24-25-27-29-31-33-35-39(43)40(44)41-37(36-48(45,46)47)38(42)34-32-30-28-26-12-10-8-6-4-2/h18-19,21-22,37-39,42-43H,3-17,20,23-36H2,1-2H3,(H,41,44)(H,45,46,47)/b19-18-,22-21-. The number of aliphatic hydroxyl groups is 2. The predicted octanol–water partition coefficient (Wildman–Crippen LogP) is 10.5. The maximum atomic E-state index is 12.6. The topological polar surface area (TPSA) is 124 Å². The lowest BCUT2D eigenvalue weighted by atomic mass is 10.0. The first-order valence-corrected chi connectivity index (χ1v) is 21.7. The van der Waals surface area contributed by atoms with Crippen molar-refractivity contribution in [3.63, 3.8) is 0 Å². The molecule has 3 unspecified atom stereocenters. The Morgan fingerprint density at radius 1 is 0.562 bits per heavy atom. The van der Waals surface area contributed by atoms with Crippen LogP contribution in [0.25, 0.3) is 0 Å². The minimum Gasteiger partial charge on any atom is -0.391 e. The highest BCUT2D eigenvalue weighted by Gasteiger charge is 2.28. The normalized spacial score (nSPS) is 14.2. The third-order valence-electron chi connectivity index (χ3n) is 9.27. The Morgan fingerprint density at radius 2 is 0.938 bits per heavy atom. The number of unbranched alkanes of at least 4 members (excludes halogenated alkanes) is 23. The number of hydrogen-bond donors (Lipinski definition) is 4. The van der Waals surface area contributed by atoms with Crippen molar-refractivity contribution in [2.75, 3.05) is 5.75 Å². The number of allylic oxidation sites excluding steroid dienone is 4. The SMILES string of the molecule is CCCCCCCCCCC/C=C\C/C=C\CCCCCCCCC(O)C(=O)NC(CS(=O)(=O)O)C(O)CCCCCCCCCCC. The van der Waals surface area contributed by atoms with Gasteiger partial charge in [0.1, 0.15) is 6.10 Å². The van der Waals surface area contributed by atoms with Gasteiger partial charge in [0.15, 0.2) is 0 Å². The minimum atomic E-state index is -4.40. The van der Waals surface area contributed by atoms with E-state index in [0.717, 1.165) is 57.8 Å². The Balaban J connectivity index is 3.92. The van der Waals surface area contributed by atoms with Gasteiger partial charge in [0.05, 0.1) is 17.9 Å². The van der Waals surface area contributed by atoms with Gasteiger partial charge in [-0.1, -0.05) is 179 Å². The van der Waals surface area contributed by atoms with E-state index >= 15 is 0 Å². The van der Waals surface area contributed by atoms with Crippen LogP contribution in [0.2, 0.25) is 0 Å². The van der Waals surface area contributed by atoms with Crippen LogP contribution in [0, 0.1) is 0 Å². The molecule has 284 valence electrons. The highest BCUT2D eigenvalue weighted by molar-refractivity contribution is 7.85. The highest BCUT2D eigenvalue weighted by atomic mass is 32.2. The van der Waals surface area contributed by atoms with Crippen LogP contribution >= 0.6 is 0 Å². The fourth-order valence-electron chi connectivity index (χ4n) is 6.14. The molecule has 8 heteroatoms. The molecule has 7 nitrogen and oxygen atoms in total. The average Bonchev–Trinajstić information content (AvgIpc) is 3.05. The Morgan fingerprint density at radius 3 is 1.35 bits per heavy atom. The average molecular weight is 700 g/mol. The maximum Gasteiger partial charge on any atom is 0.266 e. The van der Waals surface area contributed by atoms with Gasteiger partial charge in [-0.3, -0.25) is 9.35 Å². The molecule has 0 aliphatic rings. The second-order valence-corrected chi connectivity index (χ2v) is 15.6. The molecule has 0 radical (unpaired) electrons. The van der Waals surface area contributed by atoms with Gasteiger partial charge in [-0.25, -0.2) is 0 Å². The first kappa shape index (κ1) is 46.8. The number of amides is 1. The van der Waals surface area contributed by atoms with Crippen LogP contribution in [0.15, 0.2) is 24.3 Å². The molecule has 48 heavy (non-hydrogen) atoms. The summed E-state index contributed by atoms with van der Waals surface area (Å²) in [5.74, 6) is -1.46. The number of aliphatic hydroxyl groups excluding tert-OH is 2. The van der Waals surface area contributed by atoms with Gasteiger partial charge in [-0.05, 0) is 44.9 Å². The zero-order chi connectivity index (χ0) is 35.6. The lowest BCUT2D eigenvalue weighted by molar-refractivity contribution is -0.131. The van der Waals surface area contributed by atoms with E-state index in [1.54, 1.807) is 0 Å². The lowest BCUT2D eigenvalue weighted by Gasteiger charge is -2.24. The molecule has 1 amide bonds. The van der Waals surface area contributed by atoms with Crippen molar-refractivity contribution in [2.24, 2.45) is 0 Å². The summed E-state index contributed by atoms with van der Waals surface area (Å²) in [5.41, 5.74) is 0. The van der Waals surface area contributed by atoms with Gasteiger partial charge >= 0.3 is 0 Å². The number of nitrogens with one attached hydrogen (secondary N) is 1. The van der Waals surface area contributed by atoms with Crippen LogP contribution in [0.1, 0.15) is 200 Å². The van der Waals surface area contributed by atoms with Crippen molar-refractivity contribution in [3.05, 3.63) is 24.3 Å². The van der Waals surface area contributed by atoms with Crippen molar-refractivity contribution in [3.8, 4) is 0 Å². The second kappa shape index (κ2) is 34.2. The van der Waals surface area contributed by atoms with Crippen molar-refractivity contribution in [2.45, 2.75) is 218 Å². The number of carbonyl (C=O) groups excluding carboxylic acids is 1. The number of carbonyl (C=O) groups is 1. The lowest BCUT2D eigenvalue weighted by Crippen LogP contribution is -2.50. The highest BCUT2D eigenvalue weighted by Crippen LogP contribution is 2.15. The largest absolute Gasteiger partial charge is 0.391 e. The fraction of sp³-hybridized carbons (Fsp3) is 0.875. The Kier molecular flexibility index (Phi) is 33.4. The first-order chi connectivity index (χ1) is 23.2. The van der Waals surface area contributed by atoms with E-state index in [1.165, 1.54) is 103 Å². The summed E-state index contributed by atoms with van der Waals surface area (Å²) >= 11 is 0. The van der Waals surface area contributed by atoms with Gasteiger partial charge in [0, 0.05) is 0 Å². The van der Waals surface area contributed by atoms with Crippen LogP contribution in [0.4, 0.5) is 0 Å². The Bertz CT molecular complexity index is 875. The van der Waals surface area contributed by atoms with Crippen molar-refractivity contribution >= 4 is 16.0 Å². The van der Waals surface area contributed by atoms with Crippen LogP contribution in [0.5, 0.6) is 0 Å². The summed E-state index contributed by atoms with van der Waals surface area (Å²) in [6.45, 7) is 4.47. The fourth-order valence-corrected chi connectivity index (χ4v) is 6.90. The molecule has 4 N–H and O–H groups in total. The van der Waals surface area contributed by atoms with Gasteiger partial charge < -0.3 is 15.5 Å². The summed E-state index contributed by atoms with van der Waals surface area (Å²) in [6.07, 6.45) is 39.3. The number of rotatable bonds is 36. The molecular weight excluding hydrogens is 623 g/mol. The molecular formula is C40H77NO6S. The summed E-state index contributed by atoms with van der Waals surface area (Å²) in [4.78, 5) is 12.6. The monoisotopic (exact) mass is 700 g/mol. The molecule has 0 fully saturated rings. The smallest absolute Gasteiger partial charge is 0.266 e. The first-order valence-electron chi connectivity index (χ1n) is 20.1. The summed E-state index contributed by atoms with van der Waals surface area (Å²) in [6, 6.07) is -1.15. The van der Waals surface area contributed by atoms with Crippen LogP contribution in [-0.4, -0.2) is 53.1 Å². The molecule has 0 aromatic carbocycles. The van der Waals surface area contributed by atoms with E-state index in [4.69, 9.17) is 0 Å². The van der Waals surface area contributed by atoms with Gasteiger partial charge in [-0.2, -0.15) is 8.42 Å². The van der Waals surface area contributed by atoms with E-state index in [9.17, 15) is 28.0 Å². The molecule has 0 aromatic heterocycles. The third kappa shape index (κ3) is 33.3. The molecule has 0 spiro atoms. The molecule has 0 aliphatic heterocycles. The number of hydrogen-bond acceptors (Lipinski definition) is 5. The van der Waals surface area contributed by atoms with E-state index in [0.29, 0.717) is 19.3 Å². The molecule has 0 saturated carbocycles. The van der Waals surface area contributed by atoms with Crippen LogP contribution in [0.3, 0.4) is 0 Å². The molecule has 0 bridgehead atoms.